The van der Waals surface area contributed by atoms with Gasteiger partial charge in [0, 0.05) is 25.7 Å². The number of hydrogen-bond acceptors (Lipinski definition) is 4. The van der Waals surface area contributed by atoms with Crippen molar-refractivity contribution in [2.45, 2.75) is 39.7 Å². The van der Waals surface area contributed by atoms with Gasteiger partial charge in [0.25, 0.3) is 5.91 Å². The Morgan fingerprint density at radius 3 is 2.60 bits per heavy atom. The fraction of sp³-hybridized carbons (Fsp3) is 0.786. The van der Waals surface area contributed by atoms with Gasteiger partial charge in [-0.15, -0.1) is 5.10 Å². The van der Waals surface area contributed by atoms with Crippen LogP contribution in [0.25, 0.3) is 0 Å². The third-order valence-corrected chi connectivity index (χ3v) is 4.12. The van der Waals surface area contributed by atoms with E-state index in [1.54, 1.807) is 6.92 Å². The summed E-state index contributed by atoms with van der Waals surface area (Å²) in [4.78, 5) is 20.6. The van der Waals surface area contributed by atoms with E-state index in [1.807, 2.05) is 4.90 Å². The van der Waals surface area contributed by atoms with E-state index in [0.29, 0.717) is 23.6 Å². The van der Waals surface area contributed by atoms with Crippen molar-refractivity contribution in [2.24, 2.45) is 5.92 Å². The molecule has 2 heterocycles. The molecule has 112 valence electrons. The van der Waals surface area contributed by atoms with Gasteiger partial charge in [-0.05, 0) is 46.6 Å². The van der Waals surface area contributed by atoms with E-state index >= 15 is 0 Å². The third-order valence-electron chi connectivity index (χ3n) is 4.12. The zero-order valence-corrected chi connectivity index (χ0v) is 12.9. The first-order valence-corrected chi connectivity index (χ1v) is 7.36. The van der Waals surface area contributed by atoms with Crippen LogP contribution in [0.5, 0.6) is 0 Å². The Bertz CT molecular complexity index is 448. The maximum Gasteiger partial charge on any atom is 0.293 e. The highest BCUT2D eigenvalue weighted by Crippen LogP contribution is 2.19. The first-order valence-electron chi connectivity index (χ1n) is 7.36. The van der Waals surface area contributed by atoms with Gasteiger partial charge in [0.15, 0.2) is 0 Å². The second-order valence-corrected chi connectivity index (χ2v) is 6.01. The number of carbonyl (C=O) groups is 1. The molecule has 1 aliphatic rings. The van der Waals surface area contributed by atoms with Crippen molar-refractivity contribution in [1.82, 2.24) is 25.0 Å². The monoisotopic (exact) mass is 279 g/mol. The van der Waals surface area contributed by atoms with Gasteiger partial charge in [-0.1, -0.05) is 0 Å². The molecule has 0 atom stereocenters. The summed E-state index contributed by atoms with van der Waals surface area (Å²) >= 11 is 0. The number of rotatable bonds is 4. The topological polar surface area (TPSA) is 65.1 Å². The molecule has 0 saturated carbocycles. The van der Waals surface area contributed by atoms with E-state index in [-0.39, 0.29) is 5.91 Å². The van der Waals surface area contributed by atoms with Crippen LogP contribution < -0.4 is 0 Å². The number of piperidine rings is 1. The van der Waals surface area contributed by atoms with Crippen molar-refractivity contribution in [1.29, 1.82) is 0 Å². The van der Waals surface area contributed by atoms with Gasteiger partial charge < -0.3 is 9.80 Å². The predicted octanol–water partition coefficient (Wildman–Crippen LogP) is 1.31. The molecule has 2 rings (SSSR count). The lowest BCUT2D eigenvalue weighted by atomic mass is 9.96. The second kappa shape index (κ2) is 6.35. The van der Waals surface area contributed by atoms with E-state index in [9.17, 15) is 4.79 Å². The standard InChI is InChI=1S/C14H25N5O/c1-10(2)18(4)9-12-5-7-19(8-6-12)14(20)13-15-11(3)16-17-13/h10,12H,5-9H2,1-4H3,(H,15,16,17). The molecule has 0 radical (unpaired) electrons. The fourth-order valence-electron chi connectivity index (χ4n) is 2.52. The molecular formula is C14H25N5O. The molecule has 6 heteroatoms. The summed E-state index contributed by atoms with van der Waals surface area (Å²) < 4.78 is 0. The molecule has 1 aromatic heterocycles. The molecule has 0 aliphatic carbocycles. The van der Waals surface area contributed by atoms with Crippen LogP contribution in [0.1, 0.15) is 43.1 Å². The van der Waals surface area contributed by atoms with Crippen LogP contribution in [0, 0.1) is 12.8 Å². The van der Waals surface area contributed by atoms with Crippen LogP contribution >= 0.6 is 0 Å². The zero-order valence-electron chi connectivity index (χ0n) is 12.9. The number of aromatic nitrogens is 3. The van der Waals surface area contributed by atoms with Crippen molar-refractivity contribution >= 4 is 5.91 Å². The average molecular weight is 279 g/mol. The van der Waals surface area contributed by atoms with E-state index < -0.39 is 0 Å². The molecule has 1 aromatic rings. The van der Waals surface area contributed by atoms with Gasteiger partial charge in [-0.2, -0.15) is 0 Å². The van der Waals surface area contributed by atoms with Crippen molar-refractivity contribution in [2.75, 3.05) is 26.7 Å². The Balaban J connectivity index is 1.83. The molecule has 6 nitrogen and oxygen atoms in total. The summed E-state index contributed by atoms with van der Waals surface area (Å²) in [5, 5.41) is 6.67. The van der Waals surface area contributed by atoms with Crippen LogP contribution in [-0.2, 0) is 0 Å². The molecule has 0 aromatic carbocycles. The van der Waals surface area contributed by atoms with Crippen LogP contribution in [0.4, 0.5) is 0 Å². The first-order chi connectivity index (χ1) is 9.47. The summed E-state index contributed by atoms with van der Waals surface area (Å²) in [5.74, 6) is 1.60. The van der Waals surface area contributed by atoms with Crippen molar-refractivity contribution in [3.05, 3.63) is 11.6 Å². The summed E-state index contributed by atoms with van der Waals surface area (Å²) in [5.41, 5.74) is 0. The minimum Gasteiger partial charge on any atom is -0.336 e. The molecule has 0 spiro atoms. The Labute approximate surface area is 120 Å². The molecule has 1 fully saturated rings. The fourth-order valence-corrected chi connectivity index (χ4v) is 2.52. The number of carbonyl (C=O) groups excluding carboxylic acids is 1. The Kier molecular flexibility index (Phi) is 4.75. The smallest absolute Gasteiger partial charge is 0.293 e. The quantitative estimate of drug-likeness (QED) is 0.902. The lowest BCUT2D eigenvalue weighted by Gasteiger charge is -2.34. The molecule has 0 bridgehead atoms. The number of nitrogens with one attached hydrogen (secondary N) is 1. The second-order valence-electron chi connectivity index (χ2n) is 6.01. The van der Waals surface area contributed by atoms with Crippen LogP contribution in [-0.4, -0.2) is 63.6 Å². The minimum atomic E-state index is -0.0509. The number of H-pyrrole nitrogens is 1. The summed E-state index contributed by atoms with van der Waals surface area (Å²) in [6, 6.07) is 0.575. The summed E-state index contributed by atoms with van der Waals surface area (Å²) in [6.07, 6.45) is 2.12. The van der Waals surface area contributed by atoms with E-state index in [2.05, 4.69) is 41.0 Å². The van der Waals surface area contributed by atoms with Crippen molar-refractivity contribution in [3.8, 4) is 0 Å². The lowest BCUT2D eigenvalue weighted by Crippen LogP contribution is -2.42. The van der Waals surface area contributed by atoms with E-state index in [0.717, 1.165) is 32.5 Å². The van der Waals surface area contributed by atoms with Gasteiger partial charge in [-0.3, -0.25) is 9.89 Å². The molecule has 1 amide bonds. The highest BCUT2D eigenvalue weighted by atomic mass is 16.2. The normalized spacial score (nSPS) is 17.2. The number of likely N-dealkylation sites (tertiary alicyclic amines) is 1. The Morgan fingerprint density at radius 2 is 2.10 bits per heavy atom. The maximum absolute atomic E-state index is 12.2. The van der Waals surface area contributed by atoms with E-state index in [1.165, 1.54) is 0 Å². The molecular weight excluding hydrogens is 254 g/mol. The average Bonchev–Trinajstić information content (AvgIpc) is 2.85. The lowest BCUT2D eigenvalue weighted by molar-refractivity contribution is 0.0654. The molecule has 20 heavy (non-hydrogen) atoms. The highest BCUT2D eigenvalue weighted by Gasteiger charge is 2.26. The van der Waals surface area contributed by atoms with Gasteiger partial charge >= 0.3 is 0 Å². The summed E-state index contributed by atoms with van der Waals surface area (Å²) in [6.45, 7) is 8.96. The summed E-state index contributed by atoms with van der Waals surface area (Å²) in [7, 11) is 2.17. The van der Waals surface area contributed by atoms with Crippen molar-refractivity contribution in [3.63, 3.8) is 0 Å². The predicted molar refractivity (Wildman–Crippen MR) is 77.5 cm³/mol. The minimum absolute atomic E-state index is 0.0509. The van der Waals surface area contributed by atoms with Crippen LogP contribution in [0.3, 0.4) is 0 Å². The zero-order chi connectivity index (χ0) is 14.7. The Morgan fingerprint density at radius 1 is 1.45 bits per heavy atom. The number of nitrogens with zero attached hydrogens (tertiary/aromatic N) is 4. The number of hydrogen-bond donors (Lipinski definition) is 1. The number of amides is 1. The SMILES string of the molecule is Cc1nc(C(=O)N2CCC(CN(C)C(C)C)CC2)n[nH]1. The third kappa shape index (κ3) is 3.56. The largest absolute Gasteiger partial charge is 0.336 e. The molecule has 1 aliphatic heterocycles. The van der Waals surface area contributed by atoms with Gasteiger partial charge in [0.1, 0.15) is 5.82 Å². The number of aromatic amines is 1. The van der Waals surface area contributed by atoms with Crippen molar-refractivity contribution < 1.29 is 4.79 Å². The van der Waals surface area contributed by atoms with E-state index in [4.69, 9.17) is 0 Å². The molecule has 1 saturated heterocycles. The molecule has 1 N–H and O–H groups in total. The van der Waals surface area contributed by atoms with Gasteiger partial charge in [0.05, 0.1) is 0 Å². The van der Waals surface area contributed by atoms with Crippen LogP contribution in [0.15, 0.2) is 0 Å². The number of aryl methyl sites for hydroxylation is 1. The van der Waals surface area contributed by atoms with Crippen LogP contribution in [0.2, 0.25) is 0 Å². The highest BCUT2D eigenvalue weighted by molar-refractivity contribution is 5.90. The molecule has 0 unspecified atom stereocenters. The van der Waals surface area contributed by atoms with Gasteiger partial charge in [-0.25, -0.2) is 4.98 Å². The maximum atomic E-state index is 12.2. The Hall–Kier alpha value is -1.43. The first kappa shape index (κ1) is 15.0. The van der Waals surface area contributed by atoms with Gasteiger partial charge in [0.2, 0.25) is 5.82 Å².